The van der Waals surface area contributed by atoms with E-state index in [2.05, 4.69) is 33.4 Å². The van der Waals surface area contributed by atoms with Crippen molar-refractivity contribution < 1.29 is 5.11 Å². The lowest BCUT2D eigenvalue weighted by molar-refractivity contribution is 0.225. The number of hydrogen-bond acceptors (Lipinski definition) is 4. The standard InChI is InChI=1S/C18H23N3O/c22-14-17(15-6-2-1-3-7-15)20-16-9-12-21(13-10-16)18-8-4-5-11-19-18/h1-8,11,16-17,20,22H,9-10,12-14H2. The van der Waals surface area contributed by atoms with Crippen molar-refractivity contribution in [3.05, 3.63) is 60.3 Å². The molecule has 0 saturated carbocycles. The van der Waals surface area contributed by atoms with Gasteiger partial charge < -0.3 is 15.3 Å². The van der Waals surface area contributed by atoms with E-state index in [0.29, 0.717) is 6.04 Å². The number of pyridine rings is 1. The predicted molar refractivity (Wildman–Crippen MR) is 88.9 cm³/mol. The molecule has 1 fully saturated rings. The molecule has 1 unspecified atom stereocenters. The summed E-state index contributed by atoms with van der Waals surface area (Å²) >= 11 is 0. The van der Waals surface area contributed by atoms with Gasteiger partial charge in [0.2, 0.25) is 0 Å². The Kier molecular flexibility index (Phi) is 5.03. The minimum absolute atomic E-state index is 0.0209. The first-order chi connectivity index (χ1) is 10.9. The van der Waals surface area contributed by atoms with Crippen molar-refractivity contribution in [3.63, 3.8) is 0 Å². The Morgan fingerprint density at radius 3 is 2.45 bits per heavy atom. The van der Waals surface area contributed by atoms with E-state index < -0.39 is 0 Å². The van der Waals surface area contributed by atoms with E-state index in [4.69, 9.17) is 0 Å². The van der Waals surface area contributed by atoms with Gasteiger partial charge in [0.15, 0.2) is 0 Å². The summed E-state index contributed by atoms with van der Waals surface area (Å²) < 4.78 is 0. The molecular formula is C18H23N3O. The normalized spacial score (nSPS) is 17.4. The maximum atomic E-state index is 9.66. The molecule has 0 radical (unpaired) electrons. The smallest absolute Gasteiger partial charge is 0.128 e. The maximum absolute atomic E-state index is 9.66. The molecule has 0 spiro atoms. The van der Waals surface area contributed by atoms with Gasteiger partial charge in [-0.3, -0.25) is 0 Å². The molecule has 0 amide bonds. The van der Waals surface area contributed by atoms with Crippen LogP contribution in [-0.4, -0.2) is 35.8 Å². The van der Waals surface area contributed by atoms with E-state index in [1.54, 1.807) is 0 Å². The number of hydrogen-bond donors (Lipinski definition) is 2. The number of benzene rings is 1. The van der Waals surface area contributed by atoms with Gasteiger partial charge >= 0.3 is 0 Å². The molecule has 116 valence electrons. The van der Waals surface area contributed by atoms with E-state index in [9.17, 15) is 5.11 Å². The molecule has 2 aromatic rings. The zero-order valence-corrected chi connectivity index (χ0v) is 12.7. The number of aliphatic hydroxyl groups excluding tert-OH is 1. The average Bonchev–Trinajstić information content (AvgIpc) is 2.62. The number of nitrogens with one attached hydrogen (secondary N) is 1. The SMILES string of the molecule is OCC(NC1CCN(c2ccccn2)CC1)c1ccccc1. The molecular weight excluding hydrogens is 274 g/mol. The maximum Gasteiger partial charge on any atom is 0.128 e. The molecule has 0 aliphatic carbocycles. The van der Waals surface area contributed by atoms with Crippen molar-refractivity contribution in [2.24, 2.45) is 0 Å². The van der Waals surface area contributed by atoms with E-state index in [-0.39, 0.29) is 12.6 Å². The van der Waals surface area contributed by atoms with Gasteiger partial charge in [0, 0.05) is 25.3 Å². The van der Waals surface area contributed by atoms with Gasteiger partial charge in [0.1, 0.15) is 5.82 Å². The Labute approximate surface area is 131 Å². The zero-order valence-electron chi connectivity index (χ0n) is 12.7. The summed E-state index contributed by atoms with van der Waals surface area (Å²) in [6, 6.07) is 16.7. The molecule has 22 heavy (non-hydrogen) atoms. The molecule has 2 N–H and O–H groups in total. The van der Waals surface area contributed by atoms with Crippen LogP contribution in [0, 0.1) is 0 Å². The summed E-state index contributed by atoms with van der Waals surface area (Å²) in [5, 5.41) is 13.3. The summed E-state index contributed by atoms with van der Waals surface area (Å²) in [4.78, 5) is 6.75. The van der Waals surface area contributed by atoms with Gasteiger partial charge in [-0.1, -0.05) is 36.4 Å². The lowest BCUT2D eigenvalue weighted by Gasteiger charge is -2.35. The molecule has 2 heterocycles. The Morgan fingerprint density at radius 2 is 1.82 bits per heavy atom. The second-order valence-electron chi connectivity index (χ2n) is 5.76. The van der Waals surface area contributed by atoms with Gasteiger partial charge in [-0.05, 0) is 30.5 Å². The Bertz CT molecular complexity index is 553. The Hall–Kier alpha value is -1.91. The average molecular weight is 297 g/mol. The fraction of sp³-hybridized carbons (Fsp3) is 0.389. The minimum atomic E-state index is 0.0209. The van der Waals surface area contributed by atoms with Gasteiger partial charge in [-0.15, -0.1) is 0 Å². The highest BCUT2D eigenvalue weighted by molar-refractivity contribution is 5.38. The van der Waals surface area contributed by atoms with Crippen LogP contribution in [0.2, 0.25) is 0 Å². The first-order valence-electron chi connectivity index (χ1n) is 7.94. The molecule has 4 heteroatoms. The van der Waals surface area contributed by atoms with Crippen molar-refractivity contribution in [2.45, 2.75) is 24.9 Å². The first kappa shape index (κ1) is 15.0. The molecule has 1 aromatic heterocycles. The molecule has 1 aliphatic rings. The van der Waals surface area contributed by atoms with Crippen LogP contribution in [-0.2, 0) is 0 Å². The van der Waals surface area contributed by atoms with Crippen molar-refractivity contribution >= 4 is 5.82 Å². The highest BCUT2D eigenvalue weighted by Gasteiger charge is 2.22. The van der Waals surface area contributed by atoms with Crippen LogP contribution >= 0.6 is 0 Å². The number of aromatic nitrogens is 1. The van der Waals surface area contributed by atoms with Crippen molar-refractivity contribution in [2.75, 3.05) is 24.6 Å². The molecule has 4 nitrogen and oxygen atoms in total. The molecule has 1 saturated heterocycles. The van der Waals surface area contributed by atoms with Crippen molar-refractivity contribution in [3.8, 4) is 0 Å². The monoisotopic (exact) mass is 297 g/mol. The van der Waals surface area contributed by atoms with Crippen LogP contribution in [0.5, 0.6) is 0 Å². The van der Waals surface area contributed by atoms with Crippen LogP contribution in [0.3, 0.4) is 0 Å². The van der Waals surface area contributed by atoms with Gasteiger partial charge in [-0.2, -0.15) is 0 Å². The summed E-state index contributed by atoms with van der Waals surface area (Å²) in [7, 11) is 0. The van der Waals surface area contributed by atoms with Crippen molar-refractivity contribution in [1.82, 2.24) is 10.3 Å². The number of aliphatic hydroxyl groups is 1. The topological polar surface area (TPSA) is 48.4 Å². The number of anilines is 1. The zero-order chi connectivity index (χ0) is 15.2. The third-order valence-electron chi connectivity index (χ3n) is 4.29. The fourth-order valence-corrected chi connectivity index (χ4v) is 3.04. The van der Waals surface area contributed by atoms with E-state index >= 15 is 0 Å². The van der Waals surface area contributed by atoms with E-state index in [1.807, 2.05) is 36.5 Å². The van der Waals surface area contributed by atoms with Crippen molar-refractivity contribution in [1.29, 1.82) is 0 Å². The molecule has 1 aromatic carbocycles. The highest BCUT2D eigenvalue weighted by Crippen LogP contribution is 2.20. The number of nitrogens with zero attached hydrogens (tertiary/aromatic N) is 2. The second-order valence-corrected chi connectivity index (χ2v) is 5.76. The molecule has 3 rings (SSSR count). The first-order valence-corrected chi connectivity index (χ1v) is 7.94. The largest absolute Gasteiger partial charge is 0.394 e. The van der Waals surface area contributed by atoms with Gasteiger partial charge in [-0.25, -0.2) is 4.98 Å². The van der Waals surface area contributed by atoms with Gasteiger partial charge in [0.05, 0.1) is 12.6 Å². The molecule has 1 atom stereocenters. The summed E-state index contributed by atoms with van der Waals surface area (Å²) in [5.41, 5.74) is 1.15. The van der Waals surface area contributed by atoms with Gasteiger partial charge in [0.25, 0.3) is 0 Å². The lowest BCUT2D eigenvalue weighted by atomic mass is 10.0. The number of piperidine rings is 1. The third-order valence-corrected chi connectivity index (χ3v) is 4.29. The minimum Gasteiger partial charge on any atom is -0.394 e. The van der Waals surface area contributed by atoms with Crippen LogP contribution in [0.1, 0.15) is 24.4 Å². The third kappa shape index (κ3) is 3.64. The predicted octanol–water partition coefficient (Wildman–Crippen LogP) is 2.37. The summed E-state index contributed by atoms with van der Waals surface area (Å²) in [6.45, 7) is 2.13. The lowest BCUT2D eigenvalue weighted by Crippen LogP contribution is -2.44. The Balaban J connectivity index is 1.55. The van der Waals surface area contributed by atoms with E-state index in [0.717, 1.165) is 37.3 Å². The highest BCUT2D eigenvalue weighted by atomic mass is 16.3. The fourth-order valence-electron chi connectivity index (χ4n) is 3.04. The summed E-state index contributed by atoms with van der Waals surface area (Å²) in [6.07, 6.45) is 3.98. The quantitative estimate of drug-likeness (QED) is 0.889. The second kappa shape index (κ2) is 7.38. The van der Waals surface area contributed by atoms with Crippen LogP contribution in [0.4, 0.5) is 5.82 Å². The van der Waals surface area contributed by atoms with Crippen LogP contribution < -0.4 is 10.2 Å². The van der Waals surface area contributed by atoms with Crippen LogP contribution in [0.15, 0.2) is 54.7 Å². The van der Waals surface area contributed by atoms with E-state index in [1.165, 1.54) is 0 Å². The molecule has 1 aliphatic heterocycles. The number of rotatable bonds is 5. The Morgan fingerprint density at radius 1 is 1.09 bits per heavy atom. The van der Waals surface area contributed by atoms with Crippen LogP contribution in [0.25, 0.3) is 0 Å². The summed E-state index contributed by atoms with van der Waals surface area (Å²) in [5.74, 6) is 1.06. The molecule has 0 bridgehead atoms.